The van der Waals surface area contributed by atoms with E-state index in [0.717, 1.165) is 19.3 Å². The smallest absolute Gasteiger partial charge is 0.0540 e. The molecule has 0 aliphatic heterocycles. The Bertz CT molecular complexity index is 315. The van der Waals surface area contributed by atoms with Crippen molar-refractivity contribution >= 4 is 0 Å². The summed E-state index contributed by atoms with van der Waals surface area (Å²) in [5, 5.41) is 9.69. The molecule has 0 spiro atoms. The maximum Gasteiger partial charge on any atom is 0.0540 e. The Kier molecular flexibility index (Phi) is 21.4. The summed E-state index contributed by atoms with van der Waals surface area (Å²) in [5.41, 5.74) is 5.43. The molecule has 0 amide bonds. The van der Waals surface area contributed by atoms with Crippen LogP contribution in [0.25, 0.3) is 0 Å². The van der Waals surface area contributed by atoms with Crippen molar-refractivity contribution in [1.82, 2.24) is 0 Å². The van der Waals surface area contributed by atoms with Crippen molar-refractivity contribution in [2.45, 2.75) is 109 Å². The summed E-state index contributed by atoms with van der Waals surface area (Å²) in [4.78, 5) is 0. The molecule has 1 aromatic carbocycles. The third-order valence-corrected chi connectivity index (χ3v) is 4.80. The van der Waals surface area contributed by atoms with Gasteiger partial charge in [0, 0.05) is 0 Å². The highest BCUT2D eigenvalue weighted by Gasteiger charge is 2.02. The predicted octanol–water partition coefficient (Wildman–Crippen LogP) is 6.86. The van der Waals surface area contributed by atoms with Gasteiger partial charge in [-0.1, -0.05) is 120 Å². The van der Waals surface area contributed by atoms with E-state index < -0.39 is 0 Å². The molecule has 0 saturated heterocycles. The molecule has 1 aromatic rings. The molecule has 0 aliphatic carbocycles. The van der Waals surface area contributed by atoms with E-state index in [4.69, 9.17) is 5.73 Å². The minimum atomic E-state index is -0.110. The summed E-state index contributed by atoms with van der Waals surface area (Å²) in [6.45, 7) is 2.98. The molecule has 1 unspecified atom stereocenters. The quantitative estimate of drug-likeness (QED) is 0.315. The third-order valence-electron chi connectivity index (χ3n) is 4.80. The van der Waals surface area contributed by atoms with E-state index in [2.05, 4.69) is 6.92 Å². The van der Waals surface area contributed by atoms with Crippen molar-refractivity contribution < 1.29 is 5.11 Å². The van der Waals surface area contributed by atoms with Gasteiger partial charge in [-0.2, -0.15) is 0 Å². The minimum Gasteiger partial charge on any atom is -0.393 e. The highest BCUT2D eigenvalue weighted by atomic mass is 16.3. The molecule has 26 heavy (non-hydrogen) atoms. The fraction of sp³-hybridized carbons (Fsp3) is 0.750. The molecule has 0 radical (unpaired) electrons. The SMILES string of the molecule is CCCCCCCCCCCCCCC(O)CCCN.c1ccccc1. The van der Waals surface area contributed by atoms with Crippen LogP contribution in [0.15, 0.2) is 36.4 Å². The van der Waals surface area contributed by atoms with Gasteiger partial charge in [-0.15, -0.1) is 0 Å². The van der Waals surface area contributed by atoms with Crippen LogP contribution in [0.2, 0.25) is 0 Å². The van der Waals surface area contributed by atoms with E-state index >= 15 is 0 Å². The number of benzene rings is 1. The Labute approximate surface area is 163 Å². The van der Waals surface area contributed by atoms with E-state index in [1.54, 1.807) is 0 Å². The second kappa shape index (κ2) is 22.2. The standard InChI is InChI=1S/C18H39NO.C6H6/c1-2-3-4-5-6-7-8-9-10-11-12-13-15-18(20)16-14-17-19;1-2-4-6-5-3-1/h18,20H,2-17,19H2,1H3;1-6H. The first-order chi connectivity index (χ1) is 12.8. The van der Waals surface area contributed by atoms with Crippen molar-refractivity contribution in [3.63, 3.8) is 0 Å². The van der Waals surface area contributed by atoms with Crippen LogP contribution in [0.1, 0.15) is 103 Å². The second-order valence-electron chi connectivity index (χ2n) is 7.42. The first-order valence-electron chi connectivity index (χ1n) is 11.2. The van der Waals surface area contributed by atoms with Crippen LogP contribution < -0.4 is 5.73 Å². The molecule has 0 bridgehead atoms. The molecule has 152 valence electrons. The fourth-order valence-electron chi connectivity index (χ4n) is 3.10. The highest BCUT2D eigenvalue weighted by Crippen LogP contribution is 2.13. The van der Waals surface area contributed by atoms with Gasteiger partial charge in [0.2, 0.25) is 0 Å². The van der Waals surface area contributed by atoms with Gasteiger partial charge < -0.3 is 10.8 Å². The van der Waals surface area contributed by atoms with Gasteiger partial charge in [0.25, 0.3) is 0 Å². The summed E-state index contributed by atoms with van der Waals surface area (Å²) in [5.74, 6) is 0. The topological polar surface area (TPSA) is 46.2 Å². The van der Waals surface area contributed by atoms with E-state index in [1.807, 2.05) is 36.4 Å². The fourth-order valence-corrected chi connectivity index (χ4v) is 3.10. The van der Waals surface area contributed by atoms with Gasteiger partial charge in [0.05, 0.1) is 6.10 Å². The lowest BCUT2D eigenvalue weighted by Gasteiger charge is -2.09. The highest BCUT2D eigenvalue weighted by molar-refractivity contribution is 4.99. The van der Waals surface area contributed by atoms with E-state index in [0.29, 0.717) is 6.54 Å². The first kappa shape index (κ1) is 25.1. The first-order valence-corrected chi connectivity index (χ1v) is 11.2. The lowest BCUT2D eigenvalue weighted by molar-refractivity contribution is 0.149. The van der Waals surface area contributed by atoms with Gasteiger partial charge in [-0.25, -0.2) is 0 Å². The molecule has 0 aliphatic rings. The van der Waals surface area contributed by atoms with Crippen molar-refractivity contribution in [3.05, 3.63) is 36.4 Å². The number of nitrogens with two attached hydrogens (primary N) is 1. The van der Waals surface area contributed by atoms with Crippen molar-refractivity contribution in [3.8, 4) is 0 Å². The molecule has 1 atom stereocenters. The monoisotopic (exact) mass is 363 g/mol. The molecule has 2 heteroatoms. The van der Waals surface area contributed by atoms with Crippen LogP contribution in [0.4, 0.5) is 0 Å². The summed E-state index contributed by atoms with van der Waals surface area (Å²) in [6.07, 6.45) is 19.2. The van der Waals surface area contributed by atoms with E-state index in [1.165, 1.54) is 77.0 Å². The number of hydrogen-bond donors (Lipinski definition) is 2. The Balaban J connectivity index is 0.000000867. The maximum atomic E-state index is 9.69. The molecular formula is C24H45NO. The Hall–Kier alpha value is -0.860. The number of unbranched alkanes of at least 4 members (excludes halogenated alkanes) is 11. The average Bonchev–Trinajstić information content (AvgIpc) is 2.69. The molecule has 0 heterocycles. The van der Waals surface area contributed by atoms with Crippen LogP contribution in [0.5, 0.6) is 0 Å². The predicted molar refractivity (Wildman–Crippen MR) is 116 cm³/mol. The van der Waals surface area contributed by atoms with E-state index in [-0.39, 0.29) is 6.10 Å². The van der Waals surface area contributed by atoms with Crippen LogP contribution in [0, 0.1) is 0 Å². The van der Waals surface area contributed by atoms with Gasteiger partial charge in [0.15, 0.2) is 0 Å². The molecule has 1 rings (SSSR count). The third kappa shape index (κ3) is 21.2. The number of hydrogen-bond acceptors (Lipinski definition) is 2. The lowest BCUT2D eigenvalue weighted by Crippen LogP contribution is -2.09. The van der Waals surface area contributed by atoms with Crippen LogP contribution in [0.3, 0.4) is 0 Å². The van der Waals surface area contributed by atoms with E-state index in [9.17, 15) is 5.11 Å². The van der Waals surface area contributed by atoms with Crippen molar-refractivity contribution in [1.29, 1.82) is 0 Å². The van der Waals surface area contributed by atoms with Gasteiger partial charge in [-0.05, 0) is 25.8 Å². The largest absolute Gasteiger partial charge is 0.393 e. The zero-order valence-electron chi connectivity index (χ0n) is 17.4. The summed E-state index contributed by atoms with van der Waals surface area (Å²) < 4.78 is 0. The molecule has 0 aromatic heterocycles. The van der Waals surface area contributed by atoms with Crippen molar-refractivity contribution in [2.75, 3.05) is 6.54 Å². The maximum absolute atomic E-state index is 9.69. The van der Waals surface area contributed by atoms with Gasteiger partial charge in [-0.3, -0.25) is 0 Å². The molecule has 2 nitrogen and oxygen atoms in total. The van der Waals surface area contributed by atoms with Gasteiger partial charge in [0.1, 0.15) is 0 Å². The number of aliphatic hydroxyl groups excluding tert-OH is 1. The van der Waals surface area contributed by atoms with Gasteiger partial charge >= 0.3 is 0 Å². The van der Waals surface area contributed by atoms with Crippen LogP contribution in [-0.2, 0) is 0 Å². The zero-order chi connectivity index (χ0) is 19.1. The number of rotatable bonds is 16. The van der Waals surface area contributed by atoms with Crippen molar-refractivity contribution in [2.24, 2.45) is 5.73 Å². The summed E-state index contributed by atoms with van der Waals surface area (Å²) in [6, 6.07) is 12.0. The van der Waals surface area contributed by atoms with Crippen LogP contribution >= 0.6 is 0 Å². The lowest BCUT2D eigenvalue weighted by atomic mass is 10.0. The molecule has 3 N–H and O–H groups in total. The molecule has 0 fully saturated rings. The molecular weight excluding hydrogens is 318 g/mol. The summed E-state index contributed by atoms with van der Waals surface area (Å²) >= 11 is 0. The summed E-state index contributed by atoms with van der Waals surface area (Å²) in [7, 11) is 0. The minimum absolute atomic E-state index is 0.110. The number of aliphatic hydroxyl groups is 1. The molecule has 0 saturated carbocycles. The second-order valence-corrected chi connectivity index (χ2v) is 7.42. The average molecular weight is 364 g/mol. The zero-order valence-corrected chi connectivity index (χ0v) is 17.4. The normalized spacial score (nSPS) is 11.7. The Morgan fingerprint density at radius 3 is 1.31 bits per heavy atom. The Morgan fingerprint density at radius 1 is 0.577 bits per heavy atom. The van der Waals surface area contributed by atoms with Crippen LogP contribution in [-0.4, -0.2) is 17.8 Å². The Morgan fingerprint density at radius 2 is 0.923 bits per heavy atom.